The van der Waals surface area contributed by atoms with Crippen molar-refractivity contribution in [2.45, 2.75) is 39.5 Å². The Kier molecular flexibility index (Phi) is 5.07. The van der Waals surface area contributed by atoms with Crippen molar-refractivity contribution in [3.8, 4) is 0 Å². The summed E-state index contributed by atoms with van der Waals surface area (Å²) in [5.41, 5.74) is 0.796. The van der Waals surface area contributed by atoms with Crippen LogP contribution in [0, 0.1) is 6.92 Å². The molecule has 1 aliphatic rings. The van der Waals surface area contributed by atoms with Gasteiger partial charge in [0.25, 0.3) is 11.5 Å². The van der Waals surface area contributed by atoms with Crippen LogP contribution in [-0.2, 0) is 26.2 Å². The van der Waals surface area contributed by atoms with E-state index < -0.39 is 0 Å². The van der Waals surface area contributed by atoms with E-state index in [9.17, 15) is 9.59 Å². The molecule has 0 fully saturated rings. The van der Waals surface area contributed by atoms with Crippen LogP contribution in [0.1, 0.15) is 39.8 Å². The van der Waals surface area contributed by atoms with Gasteiger partial charge in [0.2, 0.25) is 0 Å². The summed E-state index contributed by atoms with van der Waals surface area (Å²) in [6.45, 7) is 4.51. The van der Waals surface area contributed by atoms with E-state index in [1.165, 1.54) is 12.3 Å². The normalized spacial score (nSPS) is 14.5. The Bertz CT molecular complexity index is 1020. The van der Waals surface area contributed by atoms with Crippen molar-refractivity contribution < 1.29 is 13.7 Å². The van der Waals surface area contributed by atoms with Crippen molar-refractivity contribution >= 4 is 5.91 Å². The molecule has 9 nitrogen and oxygen atoms in total. The summed E-state index contributed by atoms with van der Waals surface area (Å²) in [6.07, 6.45) is 3.89. The lowest BCUT2D eigenvalue weighted by molar-refractivity contribution is 0.0948. The Morgan fingerprint density at radius 1 is 1.36 bits per heavy atom. The molecule has 0 saturated heterocycles. The SMILES string of the molecule is Cc1oncc1C(=O)NCc1cc(=O)n2c(n1)CN(Cc1ccco1)CCC2. The molecule has 0 aromatic carbocycles. The lowest BCUT2D eigenvalue weighted by Crippen LogP contribution is -2.30. The smallest absolute Gasteiger partial charge is 0.256 e. The van der Waals surface area contributed by atoms with E-state index in [1.54, 1.807) is 17.8 Å². The van der Waals surface area contributed by atoms with Gasteiger partial charge in [-0.25, -0.2) is 4.98 Å². The summed E-state index contributed by atoms with van der Waals surface area (Å²) in [5.74, 6) is 1.71. The number of carbonyl (C=O) groups excluding carboxylic acids is 1. The second kappa shape index (κ2) is 7.81. The largest absolute Gasteiger partial charge is 0.468 e. The standard InChI is InChI=1S/C19H21N5O4/c1-13-16(10-21-28-13)19(26)20-9-14-8-18(25)24-6-3-5-23(12-17(24)22-14)11-15-4-2-7-27-15/h2,4,7-8,10H,3,5-6,9,11-12H2,1H3,(H,20,26). The Balaban J connectivity index is 1.49. The molecule has 3 aromatic heterocycles. The molecule has 9 heteroatoms. The van der Waals surface area contributed by atoms with Crippen molar-refractivity contribution in [2.24, 2.45) is 0 Å². The van der Waals surface area contributed by atoms with Crippen molar-refractivity contribution in [3.63, 3.8) is 0 Å². The number of rotatable bonds is 5. The van der Waals surface area contributed by atoms with Gasteiger partial charge >= 0.3 is 0 Å². The average molecular weight is 383 g/mol. The third-order valence-corrected chi connectivity index (χ3v) is 4.75. The van der Waals surface area contributed by atoms with Gasteiger partial charge < -0.3 is 14.3 Å². The Morgan fingerprint density at radius 3 is 3.00 bits per heavy atom. The lowest BCUT2D eigenvalue weighted by atomic mass is 10.2. The maximum Gasteiger partial charge on any atom is 0.256 e. The van der Waals surface area contributed by atoms with Gasteiger partial charge in [-0.1, -0.05) is 5.16 Å². The molecule has 4 heterocycles. The van der Waals surface area contributed by atoms with E-state index in [-0.39, 0.29) is 18.0 Å². The zero-order chi connectivity index (χ0) is 19.5. The number of nitrogens with one attached hydrogen (secondary N) is 1. The molecule has 3 aromatic rings. The van der Waals surface area contributed by atoms with Gasteiger partial charge in [0.1, 0.15) is 22.9 Å². The van der Waals surface area contributed by atoms with Crippen LogP contribution in [0.2, 0.25) is 0 Å². The molecule has 0 aliphatic carbocycles. The fourth-order valence-corrected chi connectivity index (χ4v) is 3.33. The Labute approximate surface area is 161 Å². The van der Waals surface area contributed by atoms with Gasteiger partial charge in [-0.2, -0.15) is 0 Å². The minimum absolute atomic E-state index is 0.102. The van der Waals surface area contributed by atoms with E-state index >= 15 is 0 Å². The first-order valence-electron chi connectivity index (χ1n) is 9.14. The van der Waals surface area contributed by atoms with Crippen LogP contribution in [-0.4, -0.2) is 32.1 Å². The van der Waals surface area contributed by atoms with Crippen molar-refractivity contribution in [1.29, 1.82) is 0 Å². The Morgan fingerprint density at radius 2 is 2.25 bits per heavy atom. The molecule has 1 aliphatic heterocycles. The molecule has 0 atom stereocenters. The first-order chi connectivity index (χ1) is 13.6. The van der Waals surface area contributed by atoms with Gasteiger partial charge in [0.05, 0.1) is 37.8 Å². The number of hydrogen-bond acceptors (Lipinski definition) is 7. The Hall–Kier alpha value is -3.20. The van der Waals surface area contributed by atoms with Crippen molar-refractivity contribution in [3.05, 3.63) is 69.6 Å². The summed E-state index contributed by atoms with van der Waals surface area (Å²) in [5, 5.41) is 6.36. The number of fused-ring (bicyclic) bond motifs is 1. The monoisotopic (exact) mass is 383 g/mol. The second-order valence-corrected chi connectivity index (χ2v) is 6.78. The van der Waals surface area contributed by atoms with Crippen LogP contribution < -0.4 is 10.9 Å². The molecule has 4 rings (SSSR count). The zero-order valence-corrected chi connectivity index (χ0v) is 15.6. The number of furan rings is 1. The first-order valence-corrected chi connectivity index (χ1v) is 9.14. The molecule has 0 radical (unpaired) electrons. The van der Waals surface area contributed by atoms with Gasteiger partial charge in [-0.05, 0) is 25.5 Å². The average Bonchev–Trinajstić information content (AvgIpc) is 3.28. The number of hydrogen-bond donors (Lipinski definition) is 1. The van der Waals surface area contributed by atoms with E-state index in [4.69, 9.17) is 8.94 Å². The zero-order valence-electron chi connectivity index (χ0n) is 15.6. The minimum atomic E-state index is -0.310. The van der Waals surface area contributed by atoms with E-state index in [0.717, 1.165) is 18.7 Å². The highest BCUT2D eigenvalue weighted by molar-refractivity contribution is 5.94. The van der Waals surface area contributed by atoms with Crippen LogP contribution in [0.15, 0.2) is 44.4 Å². The van der Waals surface area contributed by atoms with E-state index in [1.807, 2.05) is 12.1 Å². The first kappa shape index (κ1) is 18.2. The summed E-state index contributed by atoms with van der Waals surface area (Å²) in [6, 6.07) is 5.28. The van der Waals surface area contributed by atoms with Crippen molar-refractivity contribution in [1.82, 2.24) is 24.9 Å². The highest BCUT2D eigenvalue weighted by Gasteiger charge is 2.19. The number of aromatic nitrogens is 3. The molecular weight excluding hydrogens is 362 g/mol. The predicted molar refractivity (Wildman–Crippen MR) is 98.3 cm³/mol. The fourth-order valence-electron chi connectivity index (χ4n) is 3.33. The molecule has 0 unspecified atom stereocenters. The highest BCUT2D eigenvalue weighted by atomic mass is 16.5. The maximum atomic E-state index is 12.5. The minimum Gasteiger partial charge on any atom is -0.468 e. The van der Waals surface area contributed by atoms with E-state index in [0.29, 0.717) is 42.5 Å². The van der Waals surface area contributed by atoms with Crippen LogP contribution in [0.25, 0.3) is 0 Å². The van der Waals surface area contributed by atoms with Gasteiger partial charge in [-0.3, -0.25) is 19.1 Å². The van der Waals surface area contributed by atoms with Crippen LogP contribution in [0.5, 0.6) is 0 Å². The molecule has 1 N–H and O–H groups in total. The van der Waals surface area contributed by atoms with E-state index in [2.05, 4.69) is 20.4 Å². The van der Waals surface area contributed by atoms with Crippen LogP contribution in [0.4, 0.5) is 0 Å². The van der Waals surface area contributed by atoms with Gasteiger partial charge in [-0.15, -0.1) is 0 Å². The molecule has 0 bridgehead atoms. The summed E-state index contributed by atoms with van der Waals surface area (Å²) in [4.78, 5) is 31.6. The fraction of sp³-hybridized carbons (Fsp3) is 0.368. The molecular formula is C19H21N5O4. The molecule has 0 spiro atoms. The molecule has 1 amide bonds. The second-order valence-electron chi connectivity index (χ2n) is 6.78. The number of aryl methyl sites for hydroxylation is 1. The summed E-state index contributed by atoms with van der Waals surface area (Å²) >= 11 is 0. The van der Waals surface area contributed by atoms with Gasteiger partial charge in [0.15, 0.2) is 0 Å². The number of nitrogens with zero attached hydrogens (tertiary/aromatic N) is 4. The number of carbonyl (C=O) groups is 1. The molecule has 0 saturated carbocycles. The van der Waals surface area contributed by atoms with Crippen LogP contribution in [0.3, 0.4) is 0 Å². The highest BCUT2D eigenvalue weighted by Crippen LogP contribution is 2.13. The number of amides is 1. The summed E-state index contributed by atoms with van der Waals surface area (Å²) < 4.78 is 12.0. The predicted octanol–water partition coefficient (Wildman–Crippen LogP) is 1.47. The van der Waals surface area contributed by atoms with Gasteiger partial charge in [0, 0.05) is 19.2 Å². The molecule has 146 valence electrons. The van der Waals surface area contributed by atoms with Crippen molar-refractivity contribution in [2.75, 3.05) is 6.54 Å². The third-order valence-electron chi connectivity index (χ3n) is 4.75. The quantitative estimate of drug-likeness (QED) is 0.711. The maximum absolute atomic E-state index is 12.5. The molecule has 28 heavy (non-hydrogen) atoms. The van der Waals surface area contributed by atoms with Crippen LogP contribution >= 0.6 is 0 Å². The summed E-state index contributed by atoms with van der Waals surface area (Å²) in [7, 11) is 0. The third kappa shape index (κ3) is 3.89. The topological polar surface area (TPSA) is 106 Å². The lowest BCUT2D eigenvalue weighted by Gasteiger charge is -2.18.